The van der Waals surface area contributed by atoms with Crippen LogP contribution >= 0.6 is 0 Å². The van der Waals surface area contributed by atoms with Crippen LogP contribution in [-0.2, 0) is 16.0 Å². The van der Waals surface area contributed by atoms with E-state index in [2.05, 4.69) is 16.0 Å². The number of nitrogens with zero attached hydrogens (tertiary/aromatic N) is 1. The average molecular weight is 426 g/mol. The molecule has 1 aliphatic heterocycles. The maximum Gasteiger partial charge on any atom is 0.321 e. The van der Waals surface area contributed by atoms with Gasteiger partial charge in [0, 0.05) is 31.9 Å². The van der Waals surface area contributed by atoms with Crippen LogP contribution in [0.3, 0.4) is 0 Å². The average Bonchev–Trinajstić information content (AvgIpc) is 2.77. The van der Waals surface area contributed by atoms with Crippen molar-refractivity contribution in [2.45, 2.75) is 19.3 Å². The van der Waals surface area contributed by atoms with Crippen LogP contribution in [0, 0.1) is 11.7 Å². The number of carbonyl (C=O) groups is 3. The summed E-state index contributed by atoms with van der Waals surface area (Å²) < 4.78 is 13.2. The smallest absolute Gasteiger partial charge is 0.321 e. The van der Waals surface area contributed by atoms with Crippen molar-refractivity contribution >= 4 is 23.5 Å². The van der Waals surface area contributed by atoms with E-state index in [1.54, 1.807) is 17.0 Å². The van der Waals surface area contributed by atoms with Gasteiger partial charge in [-0.15, -0.1) is 0 Å². The van der Waals surface area contributed by atoms with E-state index in [0.717, 1.165) is 6.42 Å². The predicted molar refractivity (Wildman–Crippen MR) is 116 cm³/mol. The lowest BCUT2D eigenvalue weighted by Gasteiger charge is -2.32. The molecule has 1 aliphatic rings. The number of nitrogens with one attached hydrogen (secondary N) is 3. The number of hydrogen-bond acceptors (Lipinski definition) is 3. The van der Waals surface area contributed by atoms with Crippen LogP contribution in [0.4, 0.5) is 14.9 Å². The molecule has 0 aliphatic carbocycles. The van der Waals surface area contributed by atoms with Gasteiger partial charge in [0.05, 0.1) is 12.3 Å². The maximum absolute atomic E-state index is 13.2. The molecule has 0 bridgehead atoms. The number of piperidine rings is 1. The van der Waals surface area contributed by atoms with E-state index >= 15 is 0 Å². The van der Waals surface area contributed by atoms with E-state index in [0.29, 0.717) is 37.3 Å². The first-order valence-corrected chi connectivity index (χ1v) is 10.4. The van der Waals surface area contributed by atoms with Crippen LogP contribution in [0.5, 0.6) is 0 Å². The molecule has 0 aromatic heterocycles. The standard InChI is InChI=1S/C23H27FN4O3/c24-19-8-4-6-17(14-19)15-21(29)25-11-12-26-22(30)18-7-5-13-28(16-18)23(31)27-20-9-2-1-3-10-20/h1-4,6,8-10,14,18H,5,7,11-13,15-16H2,(H,25,29)(H,26,30)(H,27,31). The summed E-state index contributed by atoms with van der Waals surface area (Å²) in [6.07, 6.45) is 1.55. The molecule has 3 N–H and O–H groups in total. The van der Waals surface area contributed by atoms with Crippen LogP contribution in [-0.4, -0.2) is 48.9 Å². The number of amides is 4. The molecule has 0 spiro atoms. The minimum Gasteiger partial charge on any atom is -0.354 e. The number of anilines is 1. The summed E-state index contributed by atoms with van der Waals surface area (Å²) >= 11 is 0. The van der Waals surface area contributed by atoms with Crippen molar-refractivity contribution < 1.29 is 18.8 Å². The molecule has 1 unspecified atom stereocenters. The van der Waals surface area contributed by atoms with Gasteiger partial charge in [0.15, 0.2) is 0 Å². The Morgan fingerprint density at radius 3 is 2.55 bits per heavy atom. The summed E-state index contributed by atoms with van der Waals surface area (Å²) in [7, 11) is 0. The lowest BCUT2D eigenvalue weighted by molar-refractivity contribution is -0.126. The molecule has 1 heterocycles. The first kappa shape index (κ1) is 22.3. The Kier molecular flexibility index (Phi) is 7.98. The second kappa shape index (κ2) is 11.1. The van der Waals surface area contributed by atoms with Crippen LogP contribution in [0.1, 0.15) is 18.4 Å². The SMILES string of the molecule is O=C(Cc1cccc(F)c1)NCCNC(=O)C1CCCN(C(=O)Nc2ccccc2)C1. The highest BCUT2D eigenvalue weighted by Crippen LogP contribution is 2.18. The number of hydrogen-bond donors (Lipinski definition) is 3. The predicted octanol–water partition coefficient (Wildman–Crippen LogP) is 2.54. The van der Waals surface area contributed by atoms with Crippen molar-refractivity contribution in [1.82, 2.24) is 15.5 Å². The molecule has 1 fully saturated rings. The third-order valence-corrected chi connectivity index (χ3v) is 5.10. The van der Waals surface area contributed by atoms with Crippen molar-refractivity contribution in [3.05, 3.63) is 66.0 Å². The first-order valence-electron chi connectivity index (χ1n) is 10.4. The molecule has 7 nitrogen and oxygen atoms in total. The van der Waals surface area contributed by atoms with Crippen LogP contribution in [0.2, 0.25) is 0 Å². The summed E-state index contributed by atoms with van der Waals surface area (Å²) in [6.45, 7) is 1.54. The number of urea groups is 1. The lowest BCUT2D eigenvalue weighted by Crippen LogP contribution is -2.47. The number of likely N-dealkylation sites (tertiary alicyclic amines) is 1. The third-order valence-electron chi connectivity index (χ3n) is 5.10. The van der Waals surface area contributed by atoms with Crippen molar-refractivity contribution in [2.75, 3.05) is 31.5 Å². The number of rotatable bonds is 7. The molecule has 164 valence electrons. The van der Waals surface area contributed by atoms with Gasteiger partial charge in [-0.1, -0.05) is 30.3 Å². The van der Waals surface area contributed by atoms with Crippen molar-refractivity contribution in [1.29, 1.82) is 0 Å². The Hall–Kier alpha value is -3.42. The van der Waals surface area contributed by atoms with Gasteiger partial charge in [-0.2, -0.15) is 0 Å². The number of para-hydroxylation sites is 1. The summed E-state index contributed by atoms with van der Waals surface area (Å²) in [4.78, 5) is 38.5. The summed E-state index contributed by atoms with van der Waals surface area (Å²) in [5, 5.41) is 8.37. The molecule has 0 saturated carbocycles. The number of carbonyl (C=O) groups excluding carboxylic acids is 3. The van der Waals surface area contributed by atoms with E-state index in [-0.39, 0.29) is 42.5 Å². The number of benzene rings is 2. The quantitative estimate of drug-likeness (QED) is 0.595. The molecule has 2 aromatic carbocycles. The third kappa shape index (κ3) is 7.09. The minimum atomic E-state index is -0.378. The van der Waals surface area contributed by atoms with Crippen molar-refractivity contribution in [3.63, 3.8) is 0 Å². The monoisotopic (exact) mass is 426 g/mol. The van der Waals surface area contributed by atoms with Gasteiger partial charge in [0.2, 0.25) is 11.8 Å². The van der Waals surface area contributed by atoms with Crippen molar-refractivity contribution in [3.8, 4) is 0 Å². The Labute approximate surface area is 181 Å². The topological polar surface area (TPSA) is 90.5 Å². The van der Waals surface area contributed by atoms with Gasteiger partial charge in [-0.05, 0) is 42.7 Å². The zero-order chi connectivity index (χ0) is 22.1. The van der Waals surface area contributed by atoms with Gasteiger partial charge in [-0.25, -0.2) is 9.18 Å². The Morgan fingerprint density at radius 2 is 1.77 bits per heavy atom. The highest BCUT2D eigenvalue weighted by molar-refractivity contribution is 5.90. The summed E-state index contributed by atoms with van der Waals surface area (Å²) in [5.41, 5.74) is 1.31. The van der Waals surface area contributed by atoms with Crippen LogP contribution in [0.15, 0.2) is 54.6 Å². The van der Waals surface area contributed by atoms with E-state index < -0.39 is 0 Å². The molecular formula is C23H27FN4O3. The fourth-order valence-corrected chi connectivity index (χ4v) is 3.53. The van der Waals surface area contributed by atoms with E-state index in [4.69, 9.17) is 0 Å². The molecule has 3 rings (SSSR count). The van der Waals surface area contributed by atoms with Crippen LogP contribution in [0.25, 0.3) is 0 Å². The molecule has 8 heteroatoms. The van der Waals surface area contributed by atoms with Crippen LogP contribution < -0.4 is 16.0 Å². The maximum atomic E-state index is 13.2. The van der Waals surface area contributed by atoms with Crippen molar-refractivity contribution in [2.24, 2.45) is 5.92 Å². The fourth-order valence-electron chi connectivity index (χ4n) is 3.53. The molecule has 1 saturated heterocycles. The van der Waals surface area contributed by atoms with E-state index in [1.807, 2.05) is 30.3 Å². The second-order valence-corrected chi connectivity index (χ2v) is 7.53. The molecule has 0 radical (unpaired) electrons. The molecule has 2 aromatic rings. The second-order valence-electron chi connectivity index (χ2n) is 7.53. The Bertz CT molecular complexity index is 907. The minimum absolute atomic E-state index is 0.0832. The normalized spacial score (nSPS) is 15.8. The van der Waals surface area contributed by atoms with Gasteiger partial charge in [-0.3, -0.25) is 9.59 Å². The Balaban J connectivity index is 1.37. The lowest BCUT2D eigenvalue weighted by atomic mass is 9.97. The molecule has 1 atom stereocenters. The number of halogens is 1. The zero-order valence-corrected chi connectivity index (χ0v) is 17.3. The van der Waals surface area contributed by atoms with Gasteiger partial charge >= 0.3 is 6.03 Å². The van der Waals surface area contributed by atoms with E-state index in [1.165, 1.54) is 12.1 Å². The zero-order valence-electron chi connectivity index (χ0n) is 17.3. The molecule has 31 heavy (non-hydrogen) atoms. The van der Waals surface area contributed by atoms with Gasteiger partial charge in [0.1, 0.15) is 5.82 Å². The van der Waals surface area contributed by atoms with Gasteiger partial charge < -0.3 is 20.9 Å². The molecular weight excluding hydrogens is 399 g/mol. The van der Waals surface area contributed by atoms with E-state index in [9.17, 15) is 18.8 Å². The molecule has 4 amide bonds. The highest BCUT2D eigenvalue weighted by Gasteiger charge is 2.28. The summed E-state index contributed by atoms with van der Waals surface area (Å²) in [6, 6.07) is 14.9. The fraction of sp³-hybridized carbons (Fsp3) is 0.348. The Morgan fingerprint density at radius 1 is 1.00 bits per heavy atom. The largest absolute Gasteiger partial charge is 0.354 e. The highest BCUT2D eigenvalue weighted by atomic mass is 19.1. The first-order chi connectivity index (χ1) is 15.0. The van der Waals surface area contributed by atoms with Gasteiger partial charge in [0.25, 0.3) is 0 Å². The summed E-state index contributed by atoms with van der Waals surface area (Å²) in [5.74, 6) is -1.02.